The van der Waals surface area contributed by atoms with E-state index < -0.39 is 0 Å². The van der Waals surface area contributed by atoms with E-state index in [1.54, 1.807) is 11.8 Å². The fourth-order valence-corrected chi connectivity index (χ4v) is 2.09. The molecular weight excluding hydrogens is 172 g/mol. The molecule has 2 nitrogen and oxygen atoms in total. The van der Waals surface area contributed by atoms with Gasteiger partial charge in [-0.15, -0.1) is 11.8 Å². The number of cyclic esters (lactones) is 1. The fourth-order valence-electron chi connectivity index (χ4n) is 0.960. The Bertz CT molecular complexity index is 195. The minimum absolute atomic E-state index is 0.0397. The molecule has 1 unspecified atom stereocenters. The quantitative estimate of drug-likeness (QED) is 0.498. The Hall–Kier alpha value is -0.440. The van der Waals surface area contributed by atoms with Gasteiger partial charge in [-0.1, -0.05) is 11.6 Å². The van der Waals surface area contributed by atoms with Crippen LogP contribution in [0, 0.1) is 0 Å². The van der Waals surface area contributed by atoms with Crippen LogP contribution in [0.1, 0.15) is 20.3 Å². The van der Waals surface area contributed by atoms with Gasteiger partial charge in [-0.05, 0) is 13.8 Å². The van der Waals surface area contributed by atoms with Gasteiger partial charge in [0.1, 0.15) is 5.25 Å². The van der Waals surface area contributed by atoms with Crippen LogP contribution in [0.15, 0.2) is 11.6 Å². The second kappa shape index (κ2) is 4.55. The summed E-state index contributed by atoms with van der Waals surface area (Å²) in [6.07, 6.45) is 3.01. The summed E-state index contributed by atoms with van der Waals surface area (Å²) in [6.45, 7) is 4.73. The molecule has 0 N–H and O–H groups in total. The highest BCUT2D eigenvalue weighted by atomic mass is 32.2. The van der Waals surface area contributed by atoms with Crippen molar-refractivity contribution < 1.29 is 9.53 Å². The molecule has 3 heteroatoms. The minimum Gasteiger partial charge on any atom is -0.465 e. The molecule has 1 fully saturated rings. The lowest BCUT2D eigenvalue weighted by Gasteiger charge is -2.01. The number of hydrogen-bond acceptors (Lipinski definition) is 3. The standard InChI is InChI=1S/C9H14O2S/c1-7(2)4-6-12-8-3-5-11-9(8)10/h4,8H,3,5-6H2,1-2H3. The number of carbonyl (C=O) groups excluding carboxylic acids is 1. The van der Waals surface area contributed by atoms with E-state index in [0.717, 1.165) is 12.2 Å². The average molecular weight is 186 g/mol. The Morgan fingerprint density at radius 3 is 3.00 bits per heavy atom. The molecule has 0 saturated carbocycles. The van der Waals surface area contributed by atoms with Gasteiger partial charge in [0, 0.05) is 12.2 Å². The van der Waals surface area contributed by atoms with Crippen molar-refractivity contribution in [3.63, 3.8) is 0 Å². The topological polar surface area (TPSA) is 26.3 Å². The van der Waals surface area contributed by atoms with Crippen molar-refractivity contribution in [2.75, 3.05) is 12.4 Å². The van der Waals surface area contributed by atoms with Gasteiger partial charge in [-0.2, -0.15) is 0 Å². The molecule has 0 aliphatic carbocycles. The van der Waals surface area contributed by atoms with Crippen molar-refractivity contribution in [2.45, 2.75) is 25.5 Å². The van der Waals surface area contributed by atoms with Gasteiger partial charge < -0.3 is 4.74 Å². The molecule has 0 aromatic rings. The van der Waals surface area contributed by atoms with Crippen LogP contribution < -0.4 is 0 Å². The van der Waals surface area contributed by atoms with E-state index in [2.05, 4.69) is 19.9 Å². The van der Waals surface area contributed by atoms with Crippen LogP contribution in [0.5, 0.6) is 0 Å². The number of thioether (sulfide) groups is 1. The van der Waals surface area contributed by atoms with E-state index in [1.165, 1.54) is 5.57 Å². The molecule has 0 amide bonds. The summed E-state index contributed by atoms with van der Waals surface area (Å²) in [5, 5.41) is 0.0839. The molecule has 1 atom stereocenters. The minimum atomic E-state index is -0.0397. The summed E-state index contributed by atoms with van der Waals surface area (Å²) >= 11 is 1.67. The van der Waals surface area contributed by atoms with Gasteiger partial charge >= 0.3 is 5.97 Å². The molecule has 0 aromatic heterocycles. The van der Waals surface area contributed by atoms with Crippen molar-refractivity contribution in [3.8, 4) is 0 Å². The van der Waals surface area contributed by atoms with Crippen LogP contribution in [0.3, 0.4) is 0 Å². The Morgan fingerprint density at radius 1 is 1.75 bits per heavy atom. The normalized spacial score (nSPS) is 22.2. The van der Waals surface area contributed by atoms with Crippen LogP contribution in [0.25, 0.3) is 0 Å². The Labute approximate surface area is 77.4 Å². The van der Waals surface area contributed by atoms with E-state index in [1.807, 2.05) is 0 Å². The maximum atomic E-state index is 11.0. The van der Waals surface area contributed by atoms with E-state index in [9.17, 15) is 4.79 Å². The number of carbonyl (C=O) groups is 1. The van der Waals surface area contributed by atoms with Gasteiger partial charge in [0.15, 0.2) is 0 Å². The number of allylic oxidation sites excluding steroid dienone is 1. The highest BCUT2D eigenvalue weighted by molar-refractivity contribution is 8.00. The molecule has 12 heavy (non-hydrogen) atoms. The molecular formula is C9H14O2S. The molecule has 0 aromatic carbocycles. The molecule has 68 valence electrons. The van der Waals surface area contributed by atoms with Crippen molar-refractivity contribution in [3.05, 3.63) is 11.6 Å². The molecule has 1 aliphatic rings. The first kappa shape index (κ1) is 9.65. The Balaban J connectivity index is 2.23. The molecule has 1 heterocycles. The first-order valence-electron chi connectivity index (χ1n) is 4.12. The third-order valence-electron chi connectivity index (χ3n) is 1.68. The van der Waals surface area contributed by atoms with Gasteiger partial charge in [-0.25, -0.2) is 0 Å². The summed E-state index contributed by atoms with van der Waals surface area (Å²) < 4.78 is 4.84. The maximum absolute atomic E-state index is 11.0. The largest absolute Gasteiger partial charge is 0.465 e. The molecule has 0 radical (unpaired) electrons. The van der Waals surface area contributed by atoms with Crippen molar-refractivity contribution in [2.24, 2.45) is 0 Å². The van der Waals surface area contributed by atoms with Crippen molar-refractivity contribution >= 4 is 17.7 Å². The zero-order chi connectivity index (χ0) is 8.97. The highest BCUT2D eigenvalue weighted by Crippen LogP contribution is 2.21. The first-order chi connectivity index (χ1) is 5.70. The smallest absolute Gasteiger partial charge is 0.319 e. The lowest BCUT2D eigenvalue weighted by atomic mass is 10.3. The zero-order valence-corrected chi connectivity index (χ0v) is 8.32. The van der Waals surface area contributed by atoms with Crippen LogP contribution in [-0.2, 0) is 9.53 Å². The van der Waals surface area contributed by atoms with Crippen LogP contribution >= 0.6 is 11.8 Å². The lowest BCUT2D eigenvalue weighted by molar-refractivity contribution is -0.137. The first-order valence-corrected chi connectivity index (χ1v) is 5.16. The van der Waals surface area contributed by atoms with E-state index in [4.69, 9.17) is 4.74 Å². The predicted octanol–water partition coefficient (Wildman–Crippen LogP) is 2.00. The molecule has 0 bridgehead atoms. The second-order valence-electron chi connectivity index (χ2n) is 3.06. The van der Waals surface area contributed by atoms with Crippen LogP contribution in [-0.4, -0.2) is 23.6 Å². The number of ether oxygens (including phenoxy) is 1. The second-order valence-corrected chi connectivity index (χ2v) is 4.30. The Morgan fingerprint density at radius 2 is 2.50 bits per heavy atom. The van der Waals surface area contributed by atoms with Gasteiger partial charge in [0.25, 0.3) is 0 Å². The highest BCUT2D eigenvalue weighted by Gasteiger charge is 2.25. The zero-order valence-electron chi connectivity index (χ0n) is 7.50. The molecule has 1 rings (SSSR count). The molecule has 1 aliphatic heterocycles. The van der Waals surface area contributed by atoms with Crippen molar-refractivity contribution in [1.29, 1.82) is 0 Å². The summed E-state index contributed by atoms with van der Waals surface area (Å²) in [5.41, 5.74) is 1.30. The number of esters is 1. The third-order valence-corrected chi connectivity index (χ3v) is 2.87. The van der Waals surface area contributed by atoms with Crippen LogP contribution in [0.4, 0.5) is 0 Å². The Kier molecular flexibility index (Phi) is 3.66. The molecule has 1 saturated heterocycles. The van der Waals surface area contributed by atoms with Gasteiger partial charge in [0.2, 0.25) is 0 Å². The van der Waals surface area contributed by atoms with E-state index in [0.29, 0.717) is 6.61 Å². The van der Waals surface area contributed by atoms with Crippen molar-refractivity contribution in [1.82, 2.24) is 0 Å². The maximum Gasteiger partial charge on any atom is 0.319 e. The summed E-state index contributed by atoms with van der Waals surface area (Å²) in [4.78, 5) is 11.0. The molecule has 0 spiro atoms. The summed E-state index contributed by atoms with van der Waals surface area (Å²) in [7, 11) is 0. The summed E-state index contributed by atoms with van der Waals surface area (Å²) in [5.74, 6) is 0.879. The third kappa shape index (κ3) is 2.89. The van der Waals surface area contributed by atoms with E-state index in [-0.39, 0.29) is 11.2 Å². The van der Waals surface area contributed by atoms with Gasteiger partial charge in [0.05, 0.1) is 6.61 Å². The number of rotatable bonds is 3. The number of hydrogen-bond donors (Lipinski definition) is 0. The SMILES string of the molecule is CC(C)=CCSC1CCOC1=O. The van der Waals surface area contributed by atoms with Gasteiger partial charge in [-0.3, -0.25) is 4.79 Å². The average Bonchev–Trinajstić information content (AvgIpc) is 2.36. The predicted molar refractivity (Wildman–Crippen MR) is 51.3 cm³/mol. The van der Waals surface area contributed by atoms with E-state index >= 15 is 0 Å². The lowest BCUT2D eigenvalue weighted by Crippen LogP contribution is -2.09. The van der Waals surface area contributed by atoms with Crippen LogP contribution in [0.2, 0.25) is 0 Å². The summed E-state index contributed by atoms with van der Waals surface area (Å²) in [6, 6.07) is 0. The fraction of sp³-hybridized carbons (Fsp3) is 0.667. The monoisotopic (exact) mass is 186 g/mol.